The number of esters is 1. The van der Waals surface area contributed by atoms with Gasteiger partial charge in [0.05, 0.1) is 12.5 Å². The second-order valence-corrected chi connectivity index (χ2v) is 4.95. The molecule has 1 aromatic rings. The molecule has 0 bridgehead atoms. The number of rotatable bonds is 3. The van der Waals surface area contributed by atoms with Crippen LogP contribution < -0.4 is 4.90 Å². The highest BCUT2D eigenvalue weighted by Crippen LogP contribution is 2.25. The van der Waals surface area contributed by atoms with Crippen molar-refractivity contribution in [2.75, 3.05) is 24.6 Å². The van der Waals surface area contributed by atoms with E-state index in [2.05, 4.69) is 4.90 Å². The van der Waals surface area contributed by atoms with Gasteiger partial charge in [0.2, 0.25) is 0 Å². The van der Waals surface area contributed by atoms with E-state index >= 15 is 0 Å². The first-order valence-electron chi connectivity index (χ1n) is 6.38. The van der Waals surface area contributed by atoms with Gasteiger partial charge in [0, 0.05) is 23.8 Å². The molecule has 0 aliphatic carbocycles. The van der Waals surface area contributed by atoms with Crippen molar-refractivity contribution >= 4 is 23.3 Å². The first-order chi connectivity index (χ1) is 8.70. The minimum atomic E-state index is -0.0794. The number of hydrogen-bond donors (Lipinski definition) is 0. The Labute approximate surface area is 113 Å². The summed E-state index contributed by atoms with van der Waals surface area (Å²) in [6.07, 6.45) is 1.92. The molecule has 1 heterocycles. The predicted octanol–water partition coefficient (Wildman–Crippen LogP) is 3.12. The summed E-state index contributed by atoms with van der Waals surface area (Å²) >= 11 is 5.99. The molecular formula is C14H18ClNO2. The quantitative estimate of drug-likeness (QED) is 0.788. The van der Waals surface area contributed by atoms with Crippen molar-refractivity contribution in [2.24, 2.45) is 5.92 Å². The van der Waals surface area contributed by atoms with Gasteiger partial charge in [-0.15, -0.1) is 0 Å². The molecule has 0 amide bonds. The van der Waals surface area contributed by atoms with Gasteiger partial charge in [0.25, 0.3) is 0 Å². The SMILES string of the molecule is CCOC(=O)C1CCCN(c2cccc(Cl)c2)C1. The molecule has 0 saturated carbocycles. The third-order valence-corrected chi connectivity index (χ3v) is 3.45. The number of carbonyl (C=O) groups is 1. The van der Waals surface area contributed by atoms with Crippen molar-refractivity contribution in [1.82, 2.24) is 0 Å². The number of carbonyl (C=O) groups excluding carboxylic acids is 1. The van der Waals surface area contributed by atoms with Crippen molar-refractivity contribution in [2.45, 2.75) is 19.8 Å². The molecule has 1 saturated heterocycles. The first-order valence-corrected chi connectivity index (χ1v) is 6.75. The minimum absolute atomic E-state index is 0.0160. The zero-order valence-electron chi connectivity index (χ0n) is 10.6. The van der Waals surface area contributed by atoms with Gasteiger partial charge >= 0.3 is 5.97 Å². The zero-order valence-corrected chi connectivity index (χ0v) is 11.3. The molecule has 0 radical (unpaired) electrons. The summed E-state index contributed by atoms with van der Waals surface area (Å²) in [5, 5.41) is 0.728. The fraction of sp³-hybridized carbons (Fsp3) is 0.500. The lowest BCUT2D eigenvalue weighted by atomic mass is 9.97. The molecule has 1 fully saturated rings. The van der Waals surface area contributed by atoms with Crippen molar-refractivity contribution < 1.29 is 9.53 Å². The normalized spacial score (nSPS) is 19.7. The Hall–Kier alpha value is -1.22. The maximum Gasteiger partial charge on any atom is 0.310 e. The molecule has 1 atom stereocenters. The van der Waals surface area contributed by atoms with E-state index in [1.165, 1.54) is 0 Å². The van der Waals surface area contributed by atoms with Gasteiger partial charge in [-0.05, 0) is 38.0 Å². The third-order valence-electron chi connectivity index (χ3n) is 3.21. The van der Waals surface area contributed by atoms with Gasteiger partial charge in [-0.2, -0.15) is 0 Å². The van der Waals surface area contributed by atoms with Crippen LogP contribution in [-0.4, -0.2) is 25.7 Å². The maximum absolute atomic E-state index is 11.8. The predicted molar refractivity (Wildman–Crippen MR) is 73.0 cm³/mol. The molecule has 1 aliphatic rings. The Morgan fingerprint density at radius 3 is 3.11 bits per heavy atom. The van der Waals surface area contributed by atoms with Gasteiger partial charge in [-0.1, -0.05) is 17.7 Å². The molecule has 1 unspecified atom stereocenters. The molecule has 18 heavy (non-hydrogen) atoms. The monoisotopic (exact) mass is 267 g/mol. The lowest BCUT2D eigenvalue weighted by Crippen LogP contribution is -2.39. The van der Waals surface area contributed by atoms with E-state index in [0.717, 1.165) is 36.6 Å². The van der Waals surface area contributed by atoms with Crippen molar-refractivity contribution in [3.63, 3.8) is 0 Å². The fourth-order valence-corrected chi connectivity index (χ4v) is 2.52. The first kappa shape index (κ1) is 13.2. The number of piperidine rings is 1. The van der Waals surface area contributed by atoms with E-state index in [0.29, 0.717) is 6.61 Å². The van der Waals surface area contributed by atoms with Crippen LogP contribution >= 0.6 is 11.6 Å². The second kappa shape index (κ2) is 6.10. The summed E-state index contributed by atoms with van der Waals surface area (Å²) in [6.45, 7) is 3.98. The lowest BCUT2D eigenvalue weighted by Gasteiger charge is -2.33. The van der Waals surface area contributed by atoms with Crippen LogP contribution in [0, 0.1) is 5.92 Å². The van der Waals surface area contributed by atoms with Crippen LogP contribution in [0.4, 0.5) is 5.69 Å². The summed E-state index contributed by atoms with van der Waals surface area (Å²) in [7, 11) is 0. The molecule has 0 spiro atoms. The Kier molecular flexibility index (Phi) is 4.48. The van der Waals surface area contributed by atoms with Gasteiger partial charge in [0.1, 0.15) is 0 Å². The molecule has 3 nitrogen and oxygen atoms in total. The third kappa shape index (κ3) is 3.16. The van der Waals surface area contributed by atoms with Gasteiger partial charge in [0.15, 0.2) is 0 Å². The largest absolute Gasteiger partial charge is 0.466 e. The fourth-order valence-electron chi connectivity index (χ4n) is 2.34. The van der Waals surface area contributed by atoms with Crippen LogP contribution in [0.15, 0.2) is 24.3 Å². The number of anilines is 1. The van der Waals surface area contributed by atoms with E-state index in [4.69, 9.17) is 16.3 Å². The molecular weight excluding hydrogens is 250 g/mol. The average Bonchev–Trinajstić information content (AvgIpc) is 2.39. The number of hydrogen-bond acceptors (Lipinski definition) is 3. The molecule has 98 valence electrons. The summed E-state index contributed by atoms with van der Waals surface area (Å²) in [5.41, 5.74) is 1.08. The lowest BCUT2D eigenvalue weighted by molar-refractivity contribution is -0.148. The Balaban J connectivity index is 2.04. The molecule has 1 aliphatic heterocycles. The molecule has 0 N–H and O–H groups in total. The summed E-state index contributed by atoms with van der Waals surface area (Å²) in [6, 6.07) is 7.76. The highest BCUT2D eigenvalue weighted by atomic mass is 35.5. The van der Waals surface area contributed by atoms with E-state index in [1.54, 1.807) is 0 Å². The molecule has 0 aromatic heterocycles. The Morgan fingerprint density at radius 2 is 2.39 bits per heavy atom. The number of halogens is 1. The van der Waals surface area contributed by atoms with E-state index in [1.807, 2.05) is 31.2 Å². The van der Waals surface area contributed by atoms with E-state index < -0.39 is 0 Å². The molecule has 1 aromatic carbocycles. The minimum Gasteiger partial charge on any atom is -0.466 e. The summed E-state index contributed by atoms with van der Waals surface area (Å²) < 4.78 is 5.10. The Morgan fingerprint density at radius 1 is 1.56 bits per heavy atom. The highest BCUT2D eigenvalue weighted by Gasteiger charge is 2.26. The summed E-state index contributed by atoms with van der Waals surface area (Å²) in [5.74, 6) is -0.0955. The van der Waals surface area contributed by atoms with E-state index in [9.17, 15) is 4.79 Å². The van der Waals surface area contributed by atoms with Crippen LogP contribution in [0.3, 0.4) is 0 Å². The zero-order chi connectivity index (χ0) is 13.0. The Bertz CT molecular complexity index is 422. The number of benzene rings is 1. The number of nitrogens with zero attached hydrogens (tertiary/aromatic N) is 1. The number of ether oxygens (including phenoxy) is 1. The highest BCUT2D eigenvalue weighted by molar-refractivity contribution is 6.30. The second-order valence-electron chi connectivity index (χ2n) is 4.52. The van der Waals surface area contributed by atoms with E-state index in [-0.39, 0.29) is 11.9 Å². The van der Waals surface area contributed by atoms with Gasteiger partial charge < -0.3 is 9.64 Å². The molecule has 2 rings (SSSR count). The van der Waals surface area contributed by atoms with Crippen LogP contribution in [0.5, 0.6) is 0 Å². The van der Waals surface area contributed by atoms with Crippen molar-refractivity contribution in [1.29, 1.82) is 0 Å². The maximum atomic E-state index is 11.8. The van der Waals surface area contributed by atoms with Crippen LogP contribution in [0.2, 0.25) is 5.02 Å². The van der Waals surface area contributed by atoms with Gasteiger partial charge in [-0.3, -0.25) is 4.79 Å². The summed E-state index contributed by atoms with van der Waals surface area (Å²) in [4.78, 5) is 14.0. The standard InChI is InChI=1S/C14H18ClNO2/c1-2-18-14(17)11-5-4-8-16(10-11)13-7-3-6-12(15)9-13/h3,6-7,9,11H,2,4-5,8,10H2,1H3. The van der Waals surface area contributed by atoms with Gasteiger partial charge in [-0.25, -0.2) is 0 Å². The van der Waals surface area contributed by atoms with Crippen molar-refractivity contribution in [3.05, 3.63) is 29.3 Å². The van der Waals surface area contributed by atoms with Crippen molar-refractivity contribution in [3.8, 4) is 0 Å². The topological polar surface area (TPSA) is 29.5 Å². The van der Waals surface area contributed by atoms with Crippen LogP contribution in [0.1, 0.15) is 19.8 Å². The molecule has 4 heteroatoms. The van der Waals surface area contributed by atoms with Crippen LogP contribution in [0.25, 0.3) is 0 Å². The van der Waals surface area contributed by atoms with Crippen LogP contribution in [-0.2, 0) is 9.53 Å². The smallest absolute Gasteiger partial charge is 0.310 e. The average molecular weight is 268 g/mol.